The van der Waals surface area contributed by atoms with E-state index < -0.39 is 16.3 Å². The molecule has 0 saturated heterocycles. The summed E-state index contributed by atoms with van der Waals surface area (Å²) in [6, 6.07) is 4.04. The Morgan fingerprint density at radius 3 is 1.88 bits per heavy atom. The Kier molecular flexibility index (Phi) is 2.64. The maximum Gasteiger partial charge on any atom is 0.435 e. The first-order chi connectivity index (χ1) is 6.99. The summed E-state index contributed by atoms with van der Waals surface area (Å²) in [6.07, 6.45) is 0. The molecule has 0 heterocycles. The molecule has 0 saturated carbocycles. The van der Waals surface area contributed by atoms with Crippen molar-refractivity contribution in [2.24, 2.45) is 0 Å². The van der Waals surface area contributed by atoms with Crippen LogP contribution in [0.1, 0.15) is 5.56 Å². The van der Waals surface area contributed by atoms with Gasteiger partial charge in [0.15, 0.2) is 0 Å². The average molecular weight is 264 g/mol. The molecular formula is C8H9F5O2S. The van der Waals surface area contributed by atoms with Crippen molar-refractivity contribution in [2.45, 2.75) is 6.61 Å². The number of hydrogen-bond acceptors (Lipinski definition) is 2. The molecule has 0 fully saturated rings. The second-order valence-electron chi connectivity index (χ2n) is 3.06. The lowest BCUT2D eigenvalue weighted by Crippen LogP contribution is -2.13. The third-order valence-corrected chi connectivity index (χ3v) is 2.00. The van der Waals surface area contributed by atoms with Gasteiger partial charge in [0, 0.05) is 7.11 Å². The summed E-state index contributed by atoms with van der Waals surface area (Å²) in [5.74, 6) is -0.945. The van der Waals surface area contributed by atoms with E-state index in [1.165, 1.54) is 19.2 Å². The number of halogens is 5. The van der Waals surface area contributed by atoms with Gasteiger partial charge in [0.2, 0.25) is 0 Å². The molecule has 1 rings (SSSR count). The highest BCUT2D eigenvalue weighted by Gasteiger charge is 2.67. The molecule has 0 radical (unpaired) electrons. The summed E-state index contributed by atoms with van der Waals surface area (Å²) in [6.45, 7) is 0.177. The third kappa shape index (κ3) is 5.17. The topological polar surface area (TPSA) is 18.5 Å². The molecule has 0 aromatic heterocycles. The summed E-state index contributed by atoms with van der Waals surface area (Å²) < 4.78 is 67.1. The zero-order chi connectivity index (χ0) is 12.5. The summed E-state index contributed by atoms with van der Waals surface area (Å²) in [4.78, 5) is 0. The van der Waals surface area contributed by atoms with Gasteiger partial charge in [-0.05, 0) is 17.7 Å². The van der Waals surface area contributed by atoms with E-state index in [1.54, 1.807) is 0 Å². The summed E-state index contributed by atoms with van der Waals surface area (Å²) in [5.41, 5.74) is 0.553. The monoisotopic (exact) mass is 264 g/mol. The maximum absolute atomic E-state index is 11.9. The minimum atomic E-state index is -9.86. The van der Waals surface area contributed by atoms with E-state index in [4.69, 9.17) is 4.74 Å². The third-order valence-electron chi connectivity index (χ3n) is 1.49. The van der Waals surface area contributed by atoms with Gasteiger partial charge in [0.1, 0.15) is 5.75 Å². The van der Waals surface area contributed by atoms with Gasteiger partial charge in [-0.1, -0.05) is 31.6 Å². The Balaban J connectivity index is 2.85. The van der Waals surface area contributed by atoms with Gasteiger partial charge in [-0.2, -0.15) is 0 Å². The van der Waals surface area contributed by atoms with Gasteiger partial charge < -0.3 is 8.92 Å². The Bertz CT molecular complexity index is 371. The van der Waals surface area contributed by atoms with Gasteiger partial charge in [-0.25, -0.2) is 0 Å². The van der Waals surface area contributed by atoms with E-state index in [2.05, 4.69) is 4.18 Å². The van der Waals surface area contributed by atoms with Gasteiger partial charge in [0.25, 0.3) is 0 Å². The molecule has 16 heavy (non-hydrogen) atoms. The summed E-state index contributed by atoms with van der Waals surface area (Å²) >= 11 is 0. The number of benzene rings is 1. The number of hydrogen-bond donors (Lipinski definition) is 0. The van der Waals surface area contributed by atoms with Crippen molar-refractivity contribution in [1.82, 2.24) is 0 Å². The highest BCUT2D eigenvalue weighted by atomic mass is 32.5. The molecule has 0 spiro atoms. The fraction of sp³-hybridized carbons (Fsp3) is 0.250. The van der Waals surface area contributed by atoms with Gasteiger partial charge in [0.05, 0.1) is 6.61 Å². The van der Waals surface area contributed by atoms with E-state index >= 15 is 0 Å². The molecule has 0 N–H and O–H groups in total. The molecule has 0 aliphatic carbocycles. The molecule has 0 aliphatic rings. The highest BCUT2D eigenvalue weighted by Crippen LogP contribution is 2.97. The molecule has 8 heteroatoms. The van der Waals surface area contributed by atoms with Gasteiger partial charge in [-0.3, -0.25) is 0 Å². The fourth-order valence-corrected chi connectivity index (χ4v) is 1.46. The molecular weight excluding hydrogens is 255 g/mol. The zero-order valence-corrected chi connectivity index (χ0v) is 8.95. The van der Waals surface area contributed by atoms with Crippen LogP contribution in [0.15, 0.2) is 24.3 Å². The van der Waals surface area contributed by atoms with Crippen LogP contribution in [-0.2, 0) is 11.3 Å². The minimum absolute atomic E-state index is 0.177. The summed E-state index contributed by atoms with van der Waals surface area (Å²) in [7, 11) is -8.46. The van der Waals surface area contributed by atoms with Crippen LogP contribution in [-0.4, -0.2) is 7.11 Å². The van der Waals surface area contributed by atoms with Crippen molar-refractivity contribution < 1.29 is 28.3 Å². The van der Waals surface area contributed by atoms with Crippen molar-refractivity contribution in [3.8, 4) is 5.75 Å². The molecule has 0 unspecified atom stereocenters. The van der Waals surface area contributed by atoms with Crippen LogP contribution in [0, 0.1) is 0 Å². The van der Waals surface area contributed by atoms with Crippen LogP contribution in [0.4, 0.5) is 19.4 Å². The summed E-state index contributed by atoms with van der Waals surface area (Å²) in [5, 5.41) is 0. The number of ether oxygens (including phenoxy) is 1. The Morgan fingerprint density at radius 2 is 1.50 bits per heavy atom. The molecule has 1 aromatic rings. The van der Waals surface area contributed by atoms with E-state index in [0.717, 1.165) is 12.1 Å². The Hall–Kier alpha value is -1.02. The normalized spacial score (nSPS) is 16.4. The van der Waals surface area contributed by atoms with Crippen LogP contribution in [0.25, 0.3) is 0 Å². The molecule has 0 bridgehead atoms. The lowest BCUT2D eigenvalue weighted by Gasteiger charge is -2.39. The quantitative estimate of drug-likeness (QED) is 0.749. The SMILES string of the molecule is COCc1ccc(OS(F)(F)(F)(F)F)cc1. The lowest BCUT2D eigenvalue weighted by atomic mass is 10.2. The van der Waals surface area contributed by atoms with Crippen molar-refractivity contribution in [2.75, 3.05) is 7.11 Å². The van der Waals surface area contributed by atoms with Gasteiger partial charge in [-0.15, -0.1) is 0 Å². The Morgan fingerprint density at radius 1 is 1.00 bits per heavy atom. The molecule has 0 aliphatic heterocycles. The van der Waals surface area contributed by atoms with Crippen molar-refractivity contribution >= 4 is 10.5 Å². The first-order valence-corrected chi connectivity index (χ1v) is 5.89. The predicted molar refractivity (Wildman–Crippen MR) is 50.9 cm³/mol. The maximum atomic E-state index is 11.9. The van der Waals surface area contributed by atoms with Crippen molar-refractivity contribution in [3.05, 3.63) is 29.8 Å². The van der Waals surface area contributed by atoms with Crippen molar-refractivity contribution in [3.63, 3.8) is 0 Å². The van der Waals surface area contributed by atoms with Crippen LogP contribution in [0.5, 0.6) is 5.75 Å². The van der Waals surface area contributed by atoms with Crippen LogP contribution in [0.2, 0.25) is 0 Å². The van der Waals surface area contributed by atoms with Crippen molar-refractivity contribution in [1.29, 1.82) is 0 Å². The van der Waals surface area contributed by atoms with E-state index in [1.807, 2.05) is 0 Å². The van der Waals surface area contributed by atoms with Gasteiger partial charge >= 0.3 is 10.5 Å². The standard InChI is InChI=1S/C8H9F5O2S/c1-14-6-7-2-4-8(5-3-7)15-16(9,10,11,12)13/h2-5H,6H2,1H3. The lowest BCUT2D eigenvalue weighted by molar-refractivity contribution is 0.185. The second-order valence-corrected chi connectivity index (χ2v) is 5.02. The van der Waals surface area contributed by atoms with E-state index in [9.17, 15) is 19.4 Å². The first-order valence-electron chi connectivity index (χ1n) is 4.01. The molecule has 0 amide bonds. The van der Waals surface area contributed by atoms with Crippen LogP contribution >= 0.6 is 10.5 Å². The Labute approximate surface area is 88.9 Å². The molecule has 0 atom stereocenters. The smallest absolute Gasteiger partial charge is 0.380 e. The molecule has 1 aromatic carbocycles. The number of methoxy groups -OCH3 is 1. The largest absolute Gasteiger partial charge is 0.435 e. The average Bonchev–Trinajstić information content (AvgIpc) is 2.04. The molecule has 2 nitrogen and oxygen atoms in total. The minimum Gasteiger partial charge on any atom is -0.380 e. The first kappa shape index (κ1) is 13.0. The second kappa shape index (κ2) is 3.24. The van der Waals surface area contributed by atoms with E-state index in [0.29, 0.717) is 5.56 Å². The van der Waals surface area contributed by atoms with Crippen LogP contribution < -0.4 is 4.18 Å². The predicted octanol–water partition coefficient (Wildman–Crippen LogP) is 4.43. The highest BCUT2D eigenvalue weighted by molar-refractivity contribution is 8.42. The fourth-order valence-electron chi connectivity index (χ4n) is 0.990. The number of rotatable bonds is 4. The molecule has 94 valence electrons. The zero-order valence-electron chi connectivity index (χ0n) is 8.13. The van der Waals surface area contributed by atoms with E-state index in [-0.39, 0.29) is 6.61 Å². The van der Waals surface area contributed by atoms with Crippen LogP contribution in [0.3, 0.4) is 0 Å².